The minimum Gasteiger partial charge on any atom is -0.370 e. The first-order valence-corrected chi connectivity index (χ1v) is 3.52. The van der Waals surface area contributed by atoms with Gasteiger partial charge in [-0.3, -0.25) is 4.99 Å². The van der Waals surface area contributed by atoms with Crippen molar-refractivity contribution in [1.29, 1.82) is 0 Å². The van der Waals surface area contributed by atoms with E-state index in [0.29, 0.717) is 5.96 Å². The van der Waals surface area contributed by atoms with Gasteiger partial charge in [0.2, 0.25) is 0 Å². The van der Waals surface area contributed by atoms with Crippen LogP contribution in [-0.4, -0.2) is 18.5 Å². The highest BCUT2D eigenvalue weighted by molar-refractivity contribution is 5.78. The van der Waals surface area contributed by atoms with E-state index in [2.05, 4.69) is 31.1 Å². The van der Waals surface area contributed by atoms with Crippen molar-refractivity contribution in [1.82, 2.24) is 5.32 Å². The molecule has 0 bridgehead atoms. The molecule has 0 aromatic carbocycles. The Bertz CT molecular complexity index is 127. The molecule has 0 aliphatic carbocycles. The van der Waals surface area contributed by atoms with E-state index in [4.69, 9.17) is 5.73 Å². The summed E-state index contributed by atoms with van der Waals surface area (Å²) in [7, 11) is 1.67. The zero-order valence-electron chi connectivity index (χ0n) is 7.23. The third kappa shape index (κ3) is 3.33. The van der Waals surface area contributed by atoms with E-state index in [1.807, 2.05) is 0 Å². The summed E-state index contributed by atoms with van der Waals surface area (Å²) in [5, 5.41) is 3.08. The lowest BCUT2D eigenvalue weighted by Crippen LogP contribution is -2.46. The molecule has 0 heterocycles. The van der Waals surface area contributed by atoms with Crippen LogP contribution in [0.5, 0.6) is 0 Å². The number of nitrogens with one attached hydrogen (secondary N) is 1. The first-order chi connectivity index (χ1) is 4.52. The lowest BCUT2D eigenvalue weighted by Gasteiger charge is -2.24. The largest absolute Gasteiger partial charge is 0.370 e. The monoisotopic (exact) mass is 143 g/mol. The Balaban J connectivity index is 3.88. The number of hydrogen-bond acceptors (Lipinski definition) is 1. The average Bonchev–Trinajstić information content (AvgIpc) is 1.87. The van der Waals surface area contributed by atoms with Crippen molar-refractivity contribution in [2.75, 3.05) is 7.05 Å². The van der Waals surface area contributed by atoms with Crippen LogP contribution in [0.1, 0.15) is 27.2 Å². The molecule has 0 saturated carbocycles. The second-order valence-corrected chi connectivity index (χ2v) is 2.97. The molecule has 0 atom stereocenters. The maximum atomic E-state index is 5.47. The number of aliphatic imine (C=N–C) groups is 1. The van der Waals surface area contributed by atoms with Gasteiger partial charge < -0.3 is 11.1 Å². The van der Waals surface area contributed by atoms with Crippen LogP contribution in [0.4, 0.5) is 0 Å². The third-order valence-corrected chi connectivity index (χ3v) is 1.59. The molecule has 3 N–H and O–H groups in total. The van der Waals surface area contributed by atoms with Crippen molar-refractivity contribution < 1.29 is 0 Å². The molecule has 10 heavy (non-hydrogen) atoms. The van der Waals surface area contributed by atoms with Gasteiger partial charge in [-0.15, -0.1) is 0 Å². The summed E-state index contributed by atoms with van der Waals surface area (Å²) < 4.78 is 0. The first-order valence-electron chi connectivity index (χ1n) is 3.52. The Hall–Kier alpha value is -0.730. The molecule has 3 nitrogen and oxygen atoms in total. The van der Waals surface area contributed by atoms with Crippen LogP contribution in [0.3, 0.4) is 0 Å². The second-order valence-electron chi connectivity index (χ2n) is 2.97. The summed E-state index contributed by atoms with van der Waals surface area (Å²) in [5.41, 5.74) is 5.53. The second kappa shape index (κ2) is 3.44. The molecule has 0 spiro atoms. The minimum absolute atomic E-state index is 0.0591. The molecule has 0 rings (SSSR count). The molecule has 0 fully saturated rings. The standard InChI is InChI=1S/C7H17N3/c1-5-7(2,3)10-6(8)9-4/h5H2,1-4H3,(H3,8,9,10). The Labute approximate surface area is 62.7 Å². The topological polar surface area (TPSA) is 50.4 Å². The molecule has 0 aliphatic rings. The molecular weight excluding hydrogens is 126 g/mol. The summed E-state index contributed by atoms with van der Waals surface area (Å²) in [6.45, 7) is 6.28. The molecule has 0 aliphatic heterocycles. The average molecular weight is 143 g/mol. The Morgan fingerprint density at radius 1 is 1.60 bits per heavy atom. The van der Waals surface area contributed by atoms with Crippen molar-refractivity contribution in [3.8, 4) is 0 Å². The van der Waals surface area contributed by atoms with Crippen molar-refractivity contribution >= 4 is 5.96 Å². The Kier molecular flexibility index (Phi) is 3.19. The summed E-state index contributed by atoms with van der Waals surface area (Å²) in [4.78, 5) is 3.80. The third-order valence-electron chi connectivity index (χ3n) is 1.59. The van der Waals surface area contributed by atoms with Crippen LogP contribution in [0.2, 0.25) is 0 Å². The van der Waals surface area contributed by atoms with E-state index in [0.717, 1.165) is 6.42 Å². The number of nitrogens with zero attached hydrogens (tertiary/aromatic N) is 1. The molecule has 3 heteroatoms. The molecule has 0 aromatic heterocycles. The molecular formula is C7H17N3. The van der Waals surface area contributed by atoms with Crippen LogP contribution >= 0.6 is 0 Å². The van der Waals surface area contributed by atoms with Crippen LogP contribution in [0.15, 0.2) is 4.99 Å². The van der Waals surface area contributed by atoms with E-state index < -0.39 is 0 Å². The van der Waals surface area contributed by atoms with Gasteiger partial charge in [0.25, 0.3) is 0 Å². The lowest BCUT2D eigenvalue weighted by molar-refractivity contribution is 0.443. The van der Waals surface area contributed by atoms with E-state index in [1.54, 1.807) is 7.05 Å². The maximum Gasteiger partial charge on any atom is 0.188 e. The van der Waals surface area contributed by atoms with Gasteiger partial charge in [0.05, 0.1) is 0 Å². The highest BCUT2D eigenvalue weighted by Crippen LogP contribution is 2.05. The SMILES string of the molecule is CCC(C)(C)NC(N)=NC. The fraction of sp³-hybridized carbons (Fsp3) is 0.857. The predicted molar refractivity (Wildman–Crippen MR) is 45.1 cm³/mol. The van der Waals surface area contributed by atoms with Gasteiger partial charge in [-0.1, -0.05) is 6.92 Å². The number of rotatable bonds is 2. The van der Waals surface area contributed by atoms with Gasteiger partial charge in [-0.05, 0) is 20.3 Å². The summed E-state index contributed by atoms with van der Waals surface area (Å²) >= 11 is 0. The van der Waals surface area contributed by atoms with Gasteiger partial charge >= 0.3 is 0 Å². The van der Waals surface area contributed by atoms with Crippen LogP contribution in [0, 0.1) is 0 Å². The van der Waals surface area contributed by atoms with Crippen LogP contribution in [-0.2, 0) is 0 Å². The molecule has 0 amide bonds. The lowest BCUT2D eigenvalue weighted by atomic mass is 10.0. The first kappa shape index (κ1) is 9.27. The smallest absolute Gasteiger partial charge is 0.188 e. The van der Waals surface area contributed by atoms with Crippen molar-refractivity contribution in [2.45, 2.75) is 32.7 Å². The van der Waals surface area contributed by atoms with Crippen molar-refractivity contribution in [2.24, 2.45) is 10.7 Å². The highest BCUT2D eigenvalue weighted by Gasteiger charge is 2.13. The van der Waals surface area contributed by atoms with Gasteiger partial charge in [-0.2, -0.15) is 0 Å². The van der Waals surface area contributed by atoms with E-state index in [1.165, 1.54) is 0 Å². The molecule has 0 radical (unpaired) electrons. The Morgan fingerprint density at radius 2 is 2.10 bits per heavy atom. The zero-order valence-corrected chi connectivity index (χ0v) is 7.23. The molecule has 0 saturated heterocycles. The van der Waals surface area contributed by atoms with E-state index >= 15 is 0 Å². The minimum atomic E-state index is 0.0591. The fourth-order valence-electron chi connectivity index (χ4n) is 0.491. The van der Waals surface area contributed by atoms with Crippen molar-refractivity contribution in [3.63, 3.8) is 0 Å². The molecule has 0 unspecified atom stereocenters. The van der Waals surface area contributed by atoms with E-state index in [-0.39, 0.29) is 5.54 Å². The van der Waals surface area contributed by atoms with E-state index in [9.17, 15) is 0 Å². The van der Waals surface area contributed by atoms with Gasteiger partial charge in [0.15, 0.2) is 5.96 Å². The number of hydrogen-bond donors (Lipinski definition) is 2. The summed E-state index contributed by atoms with van der Waals surface area (Å²) in [6, 6.07) is 0. The molecule has 60 valence electrons. The van der Waals surface area contributed by atoms with Crippen LogP contribution < -0.4 is 11.1 Å². The normalized spacial score (nSPS) is 13.4. The van der Waals surface area contributed by atoms with Gasteiger partial charge in [0, 0.05) is 12.6 Å². The molecule has 0 aromatic rings. The zero-order chi connectivity index (χ0) is 8.20. The quantitative estimate of drug-likeness (QED) is 0.442. The summed E-state index contributed by atoms with van der Waals surface area (Å²) in [6.07, 6.45) is 1.03. The van der Waals surface area contributed by atoms with Crippen LogP contribution in [0.25, 0.3) is 0 Å². The highest BCUT2D eigenvalue weighted by atomic mass is 15.1. The van der Waals surface area contributed by atoms with Gasteiger partial charge in [0.1, 0.15) is 0 Å². The predicted octanol–water partition coefficient (Wildman–Crippen LogP) is 0.709. The van der Waals surface area contributed by atoms with Gasteiger partial charge in [-0.25, -0.2) is 0 Å². The van der Waals surface area contributed by atoms with Crippen molar-refractivity contribution in [3.05, 3.63) is 0 Å². The number of nitrogens with two attached hydrogens (primary N) is 1. The summed E-state index contributed by atoms with van der Waals surface area (Å²) in [5.74, 6) is 0.506. The number of guanidine groups is 1. The fourth-order valence-corrected chi connectivity index (χ4v) is 0.491. The Morgan fingerprint density at radius 3 is 2.40 bits per heavy atom. The maximum absolute atomic E-state index is 5.47.